The topological polar surface area (TPSA) is 76.2 Å². The maximum atomic E-state index is 8.36. The Labute approximate surface area is 78.6 Å². The van der Waals surface area contributed by atoms with E-state index in [4.69, 9.17) is 15.6 Å². The molecule has 0 unspecified atom stereocenters. The average molecular weight is 196 g/mol. The van der Waals surface area contributed by atoms with Crippen LogP contribution >= 0.6 is 11.3 Å². The molecule has 3 N–H and O–H groups in total. The molecule has 0 aliphatic rings. The summed E-state index contributed by atoms with van der Waals surface area (Å²) in [6.07, 6.45) is 0. The van der Waals surface area contributed by atoms with Gasteiger partial charge in [0.2, 0.25) is 0 Å². The van der Waals surface area contributed by atoms with Gasteiger partial charge in [-0.05, 0) is 12.1 Å². The van der Waals surface area contributed by atoms with Crippen LogP contribution in [0.3, 0.4) is 0 Å². The second kappa shape index (κ2) is 4.42. The molecule has 0 amide bonds. The summed E-state index contributed by atoms with van der Waals surface area (Å²) in [5.74, 6) is 0. The van der Waals surface area contributed by atoms with Crippen molar-refractivity contribution in [2.24, 2.45) is 0 Å². The predicted octanol–water partition coefficient (Wildman–Crippen LogP) is 1.58. The van der Waals surface area contributed by atoms with Crippen molar-refractivity contribution in [3.63, 3.8) is 0 Å². The second-order valence-corrected chi connectivity index (χ2v) is 3.19. The number of carboxylic acid groups (broad SMARTS) is 1. The molecule has 0 spiro atoms. The number of nitrogen functional groups attached to an aromatic ring is 1. The molecule has 0 saturated carbocycles. The molecule has 1 aromatic carbocycles. The van der Waals surface area contributed by atoms with Gasteiger partial charge in [-0.3, -0.25) is 4.79 Å². The fourth-order valence-electron chi connectivity index (χ4n) is 0.890. The van der Waals surface area contributed by atoms with Gasteiger partial charge in [0.1, 0.15) is 0 Å². The Bertz CT molecular complexity index is 367. The number of nitrogens with two attached hydrogens (primary N) is 1. The highest BCUT2D eigenvalue weighted by atomic mass is 32.1. The molecule has 0 radical (unpaired) electrons. The van der Waals surface area contributed by atoms with E-state index in [0.717, 1.165) is 10.2 Å². The second-order valence-electron chi connectivity index (χ2n) is 2.13. The molecule has 0 bridgehead atoms. The Balaban J connectivity index is 0.000000251. The number of hydrogen-bond donors (Lipinski definition) is 2. The SMILES string of the molecule is Nc1nc2ccccc2s1.O=CO. The highest BCUT2D eigenvalue weighted by Gasteiger charge is 1.96. The number of para-hydroxylation sites is 1. The number of aromatic nitrogens is 1. The number of benzene rings is 1. The number of nitrogens with zero attached hydrogens (tertiary/aromatic N) is 1. The van der Waals surface area contributed by atoms with E-state index in [2.05, 4.69) is 4.98 Å². The lowest BCUT2D eigenvalue weighted by molar-refractivity contribution is -0.122. The van der Waals surface area contributed by atoms with E-state index in [1.165, 1.54) is 11.3 Å². The van der Waals surface area contributed by atoms with Crippen molar-refractivity contribution in [3.05, 3.63) is 24.3 Å². The summed E-state index contributed by atoms with van der Waals surface area (Å²) in [7, 11) is 0. The lowest BCUT2D eigenvalue weighted by Gasteiger charge is -1.80. The maximum absolute atomic E-state index is 8.36. The van der Waals surface area contributed by atoms with Crippen LogP contribution in [0.4, 0.5) is 5.13 Å². The number of hydrogen-bond acceptors (Lipinski definition) is 4. The zero-order chi connectivity index (χ0) is 9.68. The van der Waals surface area contributed by atoms with Crippen LogP contribution in [0.1, 0.15) is 0 Å². The first-order chi connectivity index (χ1) is 6.27. The molecule has 68 valence electrons. The first kappa shape index (κ1) is 9.47. The lowest BCUT2D eigenvalue weighted by atomic mass is 10.3. The summed E-state index contributed by atoms with van der Waals surface area (Å²) >= 11 is 1.52. The first-order valence-corrected chi connectivity index (χ1v) is 4.28. The summed E-state index contributed by atoms with van der Waals surface area (Å²) in [6, 6.07) is 7.92. The molecule has 13 heavy (non-hydrogen) atoms. The minimum absolute atomic E-state index is 0.250. The number of rotatable bonds is 0. The normalized spacial score (nSPS) is 8.92. The third-order valence-corrected chi connectivity index (χ3v) is 2.18. The monoisotopic (exact) mass is 196 g/mol. The highest BCUT2D eigenvalue weighted by Crippen LogP contribution is 2.22. The smallest absolute Gasteiger partial charge is 0.290 e. The number of anilines is 1. The Hall–Kier alpha value is -1.62. The van der Waals surface area contributed by atoms with E-state index in [0.29, 0.717) is 5.13 Å². The molecule has 0 aliphatic heterocycles. The fourth-order valence-corrected chi connectivity index (χ4v) is 1.62. The van der Waals surface area contributed by atoms with Gasteiger partial charge in [-0.15, -0.1) is 0 Å². The van der Waals surface area contributed by atoms with Gasteiger partial charge in [0.05, 0.1) is 10.2 Å². The van der Waals surface area contributed by atoms with E-state index in [-0.39, 0.29) is 6.47 Å². The van der Waals surface area contributed by atoms with Crippen molar-refractivity contribution < 1.29 is 9.90 Å². The summed E-state index contributed by atoms with van der Waals surface area (Å²) in [5.41, 5.74) is 6.49. The molecule has 2 aromatic rings. The summed E-state index contributed by atoms with van der Waals surface area (Å²) in [4.78, 5) is 12.5. The van der Waals surface area contributed by atoms with Crippen molar-refractivity contribution in [2.75, 3.05) is 5.73 Å². The minimum atomic E-state index is -0.250. The van der Waals surface area contributed by atoms with Crippen LogP contribution in [0.5, 0.6) is 0 Å². The Morgan fingerprint density at radius 3 is 2.69 bits per heavy atom. The molecular formula is C8H8N2O2S. The van der Waals surface area contributed by atoms with Gasteiger partial charge < -0.3 is 10.8 Å². The minimum Gasteiger partial charge on any atom is -0.483 e. The molecule has 0 saturated heterocycles. The van der Waals surface area contributed by atoms with Crippen LogP contribution in [-0.4, -0.2) is 16.6 Å². The Kier molecular flexibility index (Phi) is 3.22. The van der Waals surface area contributed by atoms with Crippen LogP contribution < -0.4 is 5.73 Å². The standard InChI is InChI=1S/C7H6N2S.CH2O2/c8-7-9-5-3-1-2-4-6(5)10-7;2-1-3/h1-4H,(H2,8,9);1H,(H,2,3). The van der Waals surface area contributed by atoms with Crippen molar-refractivity contribution in [1.29, 1.82) is 0 Å². The molecule has 5 heteroatoms. The molecule has 0 aliphatic carbocycles. The van der Waals surface area contributed by atoms with E-state index in [1.807, 2.05) is 24.3 Å². The van der Waals surface area contributed by atoms with Gasteiger partial charge in [0.15, 0.2) is 5.13 Å². The zero-order valence-corrected chi connectivity index (χ0v) is 7.49. The lowest BCUT2D eigenvalue weighted by Crippen LogP contribution is -1.78. The summed E-state index contributed by atoms with van der Waals surface area (Å²) in [5, 5.41) is 7.53. The van der Waals surface area contributed by atoms with Crippen LogP contribution in [0, 0.1) is 0 Å². The molecule has 1 heterocycles. The van der Waals surface area contributed by atoms with Crippen molar-refractivity contribution in [3.8, 4) is 0 Å². The fraction of sp³-hybridized carbons (Fsp3) is 0. The van der Waals surface area contributed by atoms with Crippen molar-refractivity contribution in [2.45, 2.75) is 0 Å². The molecule has 1 aromatic heterocycles. The van der Waals surface area contributed by atoms with Crippen LogP contribution in [0.25, 0.3) is 10.2 Å². The third-order valence-electron chi connectivity index (χ3n) is 1.31. The average Bonchev–Trinajstić information content (AvgIpc) is 2.45. The van der Waals surface area contributed by atoms with Crippen LogP contribution in [-0.2, 0) is 4.79 Å². The number of thiazole rings is 1. The van der Waals surface area contributed by atoms with E-state index < -0.39 is 0 Å². The van der Waals surface area contributed by atoms with E-state index in [9.17, 15) is 0 Å². The molecular weight excluding hydrogens is 188 g/mol. The van der Waals surface area contributed by atoms with Gasteiger partial charge in [-0.25, -0.2) is 4.98 Å². The molecule has 2 rings (SSSR count). The van der Waals surface area contributed by atoms with Gasteiger partial charge in [0, 0.05) is 0 Å². The highest BCUT2D eigenvalue weighted by molar-refractivity contribution is 7.22. The first-order valence-electron chi connectivity index (χ1n) is 3.47. The zero-order valence-electron chi connectivity index (χ0n) is 6.68. The number of carbonyl (C=O) groups is 1. The summed E-state index contributed by atoms with van der Waals surface area (Å²) < 4.78 is 1.15. The predicted molar refractivity (Wildman–Crippen MR) is 52.7 cm³/mol. The largest absolute Gasteiger partial charge is 0.483 e. The summed E-state index contributed by atoms with van der Waals surface area (Å²) in [6.45, 7) is -0.250. The quantitative estimate of drug-likeness (QED) is 0.627. The Morgan fingerprint density at radius 2 is 2.08 bits per heavy atom. The third kappa shape index (κ3) is 2.41. The van der Waals surface area contributed by atoms with E-state index >= 15 is 0 Å². The molecule has 4 nitrogen and oxygen atoms in total. The molecule has 0 fully saturated rings. The molecule has 0 atom stereocenters. The van der Waals surface area contributed by atoms with Crippen molar-refractivity contribution in [1.82, 2.24) is 4.98 Å². The van der Waals surface area contributed by atoms with Crippen LogP contribution in [0.15, 0.2) is 24.3 Å². The van der Waals surface area contributed by atoms with E-state index in [1.54, 1.807) is 0 Å². The van der Waals surface area contributed by atoms with Gasteiger partial charge in [-0.2, -0.15) is 0 Å². The van der Waals surface area contributed by atoms with Gasteiger partial charge in [0.25, 0.3) is 6.47 Å². The number of fused-ring (bicyclic) bond motifs is 1. The van der Waals surface area contributed by atoms with Crippen molar-refractivity contribution >= 4 is 33.2 Å². The van der Waals surface area contributed by atoms with Crippen LogP contribution in [0.2, 0.25) is 0 Å². The van der Waals surface area contributed by atoms with Gasteiger partial charge >= 0.3 is 0 Å². The maximum Gasteiger partial charge on any atom is 0.290 e. The Morgan fingerprint density at radius 1 is 1.46 bits per heavy atom. The van der Waals surface area contributed by atoms with Gasteiger partial charge in [-0.1, -0.05) is 23.5 Å².